The van der Waals surface area contributed by atoms with E-state index in [2.05, 4.69) is 11.9 Å². The molecule has 1 amide bonds. The average molecular weight is 457 g/mol. The fourth-order valence-electron chi connectivity index (χ4n) is 4.10. The second-order valence-corrected chi connectivity index (χ2v) is 10.6. The van der Waals surface area contributed by atoms with Crippen LogP contribution in [0.15, 0.2) is 47.4 Å². The van der Waals surface area contributed by atoms with Gasteiger partial charge in [0.1, 0.15) is 17.2 Å². The zero-order valence-corrected chi connectivity index (χ0v) is 19.3. The van der Waals surface area contributed by atoms with Gasteiger partial charge in [-0.05, 0) is 47.7 Å². The number of anilines is 1. The monoisotopic (exact) mass is 456 g/mol. The maximum absolute atomic E-state index is 13.5. The quantitative estimate of drug-likeness (QED) is 0.614. The van der Waals surface area contributed by atoms with Crippen molar-refractivity contribution in [3.8, 4) is 11.3 Å². The van der Waals surface area contributed by atoms with E-state index in [-0.39, 0.29) is 17.1 Å². The van der Waals surface area contributed by atoms with Crippen LogP contribution in [0.2, 0.25) is 0 Å². The van der Waals surface area contributed by atoms with E-state index in [4.69, 9.17) is 4.42 Å². The van der Waals surface area contributed by atoms with E-state index >= 15 is 0 Å². The van der Waals surface area contributed by atoms with E-state index < -0.39 is 15.8 Å². The molecule has 0 unspecified atom stereocenters. The molecule has 4 rings (SSSR count). The summed E-state index contributed by atoms with van der Waals surface area (Å²) in [5.74, 6) is -0.475. The van der Waals surface area contributed by atoms with Gasteiger partial charge in [-0.3, -0.25) is 9.10 Å². The number of hydrogen-bond donors (Lipinski definition) is 1. The molecule has 168 valence electrons. The van der Waals surface area contributed by atoms with E-state index in [9.17, 15) is 17.6 Å². The molecule has 6 nitrogen and oxygen atoms in total. The van der Waals surface area contributed by atoms with Crippen molar-refractivity contribution in [2.75, 3.05) is 24.2 Å². The van der Waals surface area contributed by atoms with Gasteiger partial charge in [-0.2, -0.15) is 0 Å². The summed E-state index contributed by atoms with van der Waals surface area (Å²) >= 11 is 0. The highest BCUT2D eigenvalue weighted by atomic mass is 32.2. The first-order valence-corrected chi connectivity index (χ1v) is 12.0. The number of rotatable bonds is 3. The lowest BCUT2D eigenvalue weighted by atomic mass is 9.79. The summed E-state index contributed by atoms with van der Waals surface area (Å²) in [6, 6.07) is 9.09. The highest BCUT2D eigenvalue weighted by molar-refractivity contribution is 7.92. The van der Waals surface area contributed by atoms with E-state index in [0.717, 1.165) is 5.57 Å². The second-order valence-electron chi connectivity index (χ2n) is 8.71. The molecule has 1 N–H and O–H groups in total. The van der Waals surface area contributed by atoms with Crippen LogP contribution >= 0.6 is 0 Å². The number of amides is 1. The van der Waals surface area contributed by atoms with Gasteiger partial charge in [0.25, 0.3) is 5.91 Å². The van der Waals surface area contributed by atoms with E-state index in [1.54, 1.807) is 12.1 Å². The van der Waals surface area contributed by atoms with Crippen molar-refractivity contribution >= 4 is 38.2 Å². The highest BCUT2D eigenvalue weighted by Gasteiger charge is 2.35. The third kappa shape index (κ3) is 3.58. The lowest BCUT2D eigenvalue weighted by Crippen LogP contribution is -2.31. The smallest absolute Gasteiger partial charge is 0.255 e. The van der Waals surface area contributed by atoms with Crippen molar-refractivity contribution in [3.63, 3.8) is 0 Å². The molecule has 0 fully saturated rings. The maximum atomic E-state index is 13.5. The topological polar surface area (TPSA) is 79.6 Å². The number of nitrogens with zero attached hydrogens (tertiary/aromatic N) is 1. The van der Waals surface area contributed by atoms with Gasteiger partial charge in [0.2, 0.25) is 10.0 Å². The van der Waals surface area contributed by atoms with Crippen molar-refractivity contribution in [1.29, 1.82) is 0 Å². The molecular formula is C24H25FN2O4S. The van der Waals surface area contributed by atoms with Gasteiger partial charge in [0, 0.05) is 36.2 Å². The third-order valence-electron chi connectivity index (χ3n) is 6.12. The Morgan fingerprint density at radius 2 is 1.88 bits per heavy atom. The minimum atomic E-state index is -3.56. The van der Waals surface area contributed by atoms with Gasteiger partial charge < -0.3 is 9.73 Å². The minimum absolute atomic E-state index is 0.287. The Bertz CT molecular complexity index is 1350. The standard InChI is InChI=1S/C24H25FN2O4S/c1-14-17-12-18-20(13-19(17)27(32(5,29)30)11-10-24(14,2)3)31-22(21(18)23(28)26-4)15-6-8-16(25)9-7-15/h6-9,12-13H,1,10-11H2,2-5H3,(H,26,28). The zero-order chi connectivity index (χ0) is 23.4. The highest BCUT2D eigenvalue weighted by Crippen LogP contribution is 2.47. The third-order valence-corrected chi connectivity index (χ3v) is 7.30. The molecule has 0 bridgehead atoms. The number of sulfonamides is 1. The number of carbonyl (C=O) groups excluding carboxylic acids is 1. The Morgan fingerprint density at radius 1 is 1.22 bits per heavy atom. The van der Waals surface area contributed by atoms with Gasteiger partial charge in [-0.15, -0.1) is 0 Å². The molecule has 0 saturated heterocycles. The van der Waals surface area contributed by atoms with Crippen molar-refractivity contribution in [2.45, 2.75) is 20.3 Å². The Kier molecular flexibility index (Phi) is 5.16. The molecule has 0 atom stereocenters. The van der Waals surface area contributed by atoms with Crippen LogP contribution in [-0.2, 0) is 10.0 Å². The largest absolute Gasteiger partial charge is 0.455 e. The number of benzene rings is 2. The SMILES string of the molecule is C=C1c2cc3c(C(=O)NC)c(-c4ccc(F)cc4)oc3cc2N(S(C)(=O)=O)CCC1(C)C. The normalized spacial score (nSPS) is 16.0. The first-order valence-electron chi connectivity index (χ1n) is 10.2. The Balaban J connectivity index is 2.07. The molecule has 0 aliphatic carbocycles. The van der Waals surface area contributed by atoms with Crippen LogP contribution in [0.1, 0.15) is 36.2 Å². The molecule has 1 aliphatic rings. The first kappa shape index (κ1) is 22.1. The van der Waals surface area contributed by atoms with Crippen molar-refractivity contribution in [1.82, 2.24) is 5.32 Å². The van der Waals surface area contributed by atoms with E-state index in [1.807, 2.05) is 13.8 Å². The fourth-order valence-corrected chi connectivity index (χ4v) is 5.03. The summed E-state index contributed by atoms with van der Waals surface area (Å²) in [4.78, 5) is 12.8. The minimum Gasteiger partial charge on any atom is -0.455 e. The predicted molar refractivity (Wildman–Crippen MR) is 125 cm³/mol. The summed E-state index contributed by atoms with van der Waals surface area (Å²) in [6.07, 6.45) is 1.77. The maximum Gasteiger partial charge on any atom is 0.255 e. The van der Waals surface area contributed by atoms with Crippen LogP contribution < -0.4 is 9.62 Å². The average Bonchev–Trinajstić information content (AvgIpc) is 3.05. The lowest BCUT2D eigenvalue weighted by Gasteiger charge is -2.25. The number of halogens is 1. The number of nitrogens with one attached hydrogen (secondary N) is 1. The molecule has 0 radical (unpaired) electrons. The summed E-state index contributed by atoms with van der Waals surface area (Å²) < 4.78 is 46.1. The van der Waals surface area contributed by atoms with Gasteiger partial charge in [0.05, 0.1) is 17.5 Å². The number of allylic oxidation sites excluding steroid dienone is 1. The molecule has 2 aromatic carbocycles. The van der Waals surface area contributed by atoms with Gasteiger partial charge in [-0.1, -0.05) is 20.4 Å². The van der Waals surface area contributed by atoms with Crippen LogP contribution in [0.3, 0.4) is 0 Å². The molecule has 0 spiro atoms. The van der Waals surface area contributed by atoms with Crippen LogP contribution in [0.25, 0.3) is 27.9 Å². The zero-order valence-electron chi connectivity index (χ0n) is 18.5. The van der Waals surface area contributed by atoms with Crippen LogP contribution in [0, 0.1) is 11.2 Å². The van der Waals surface area contributed by atoms with Gasteiger partial charge >= 0.3 is 0 Å². The summed E-state index contributed by atoms with van der Waals surface area (Å²) in [5.41, 5.74) is 2.77. The van der Waals surface area contributed by atoms with Crippen LogP contribution in [-0.4, -0.2) is 34.2 Å². The molecule has 1 aromatic heterocycles. The Labute approximate surface area is 186 Å². The fraction of sp³-hybridized carbons (Fsp3) is 0.292. The number of carbonyl (C=O) groups is 1. The molecule has 0 saturated carbocycles. The van der Waals surface area contributed by atoms with Crippen molar-refractivity contribution in [2.24, 2.45) is 5.41 Å². The van der Waals surface area contributed by atoms with Crippen molar-refractivity contribution in [3.05, 3.63) is 59.9 Å². The molecule has 8 heteroatoms. The van der Waals surface area contributed by atoms with Crippen molar-refractivity contribution < 1.29 is 22.0 Å². The molecule has 2 heterocycles. The Hall–Kier alpha value is -3.13. The number of fused-ring (bicyclic) bond motifs is 2. The second kappa shape index (κ2) is 7.48. The summed E-state index contributed by atoms with van der Waals surface area (Å²) in [6.45, 7) is 8.61. The molecular weight excluding hydrogens is 431 g/mol. The molecule has 3 aromatic rings. The number of furan rings is 1. The molecule has 1 aliphatic heterocycles. The van der Waals surface area contributed by atoms with Gasteiger partial charge in [0.15, 0.2) is 0 Å². The lowest BCUT2D eigenvalue weighted by molar-refractivity contribution is 0.0964. The van der Waals surface area contributed by atoms with Crippen LogP contribution in [0.4, 0.5) is 10.1 Å². The van der Waals surface area contributed by atoms with Gasteiger partial charge in [-0.25, -0.2) is 12.8 Å². The first-order chi connectivity index (χ1) is 14.9. The Morgan fingerprint density at radius 3 is 2.47 bits per heavy atom. The summed E-state index contributed by atoms with van der Waals surface area (Å²) in [7, 11) is -2.04. The number of hydrogen-bond acceptors (Lipinski definition) is 4. The van der Waals surface area contributed by atoms with Crippen LogP contribution in [0.5, 0.6) is 0 Å². The molecule has 32 heavy (non-hydrogen) atoms. The van der Waals surface area contributed by atoms with E-state index in [0.29, 0.717) is 46.3 Å². The summed E-state index contributed by atoms with van der Waals surface area (Å²) in [5, 5.41) is 3.17. The van der Waals surface area contributed by atoms with E-state index in [1.165, 1.54) is 41.9 Å². The predicted octanol–water partition coefficient (Wildman–Crippen LogP) is 4.81.